The molecule has 8 nitrogen and oxygen atoms in total. The minimum atomic E-state index is -4.05. The number of rotatable bonds is 14. The molecule has 0 saturated carbocycles. The fourth-order valence-electron chi connectivity index (χ4n) is 4.83. The molecule has 0 bridgehead atoms. The summed E-state index contributed by atoms with van der Waals surface area (Å²) in [7, 11) is -4.05. The number of ether oxygens (including phenoxy) is 1. The minimum absolute atomic E-state index is 0.00759. The Bertz CT molecular complexity index is 1420. The summed E-state index contributed by atoms with van der Waals surface area (Å²) in [6, 6.07) is 20.6. The maximum Gasteiger partial charge on any atom is 0.258 e. The standard InChI is InChI=1S/C32H40N2O6S/c1-21(2)19-34(41(38,39)27-16-14-26(15-17-27)24(5)35)20-29(36)28(18-25-12-7-6-8-13-25)31(32(33)37)40-30-22(3)10-9-11-23(30)4/h6-17,21,28-29,31,36H,18-20H2,1-5H3,(H2,33,37)/t28-,29-,31?/m0/s1. The number of amides is 1. The van der Waals surface area contributed by atoms with E-state index in [-0.39, 0.29) is 36.1 Å². The van der Waals surface area contributed by atoms with Crippen LogP contribution in [0.25, 0.3) is 0 Å². The Balaban J connectivity index is 2.01. The van der Waals surface area contributed by atoms with E-state index < -0.39 is 34.1 Å². The summed E-state index contributed by atoms with van der Waals surface area (Å²) in [5.41, 5.74) is 8.72. The van der Waals surface area contributed by atoms with Crippen molar-refractivity contribution in [3.05, 3.63) is 95.1 Å². The highest BCUT2D eigenvalue weighted by Crippen LogP contribution is 2.29. The highest BCUT2D eigenvalue weighted by Gasteiger charge is 2.38. The molecule has 3 atom stereocenters. The summed E-state index contributed by atoms with van der Waals surface area (Å²) in [6.07, 6.45) is -2.31. The fourth-order valence-corrected chi connectivity index (χ4v) is 6.45. The predicted octanol–water partition coefficient (Wildman–Crippen LogP) is 4.31. The minimum Gasteiger partial charge on any atom is -0.480 e. The van der Waals surface area contributed by atoms with Crippen LogP contribution < -0.4 is 10.5 Å². The number of hydrogen-bond donors (Lipinski definition) is 2. The molecule has 9 heteroatoms. The van der Waals surface area contributed by atoms with Gasteiger partial charge in [0.2, 0.25) is 10.0 Å². The SMILES string of the molecule is CC(=O)c1ccc(S(=O)(=O)N(CC(C)C)C[C@H](O)[C@H](Cc2ccccc2)C(Oc2c(C)cccc2C)C(N)=O)cc1. The van der Waals surface area contributed by atoms with E-state index in [1.807, 2.05) is 76.2 Å². The van der Waals surface area contributed by atoms with Crippen LogP contribution in [0.3, 0.4) is 0 Å². The molecule has 220 valence electrons. The third-order valence-electron chi connectivity index (χ3n) is 6.99. The lowest BCUT2D eigenvalue weighted by molar-refractivity contribution is -0.129. The Labute approximate surface area is 243 Å². The summed E-state index contributed by atoms with van der Waals surface area (Å²) < 4.78 is 35.0. The molecule has 3 rings (SSSR count). The molecular formula is C32H40N2O6S. The molecule has 3 N–H and O–H groups in total. The maximum atomic E-state index is 13.8. The van der Waals surface area contributed by atoms with Gasteiger partial charge >= 0.3 is 0 Å². The van der Waals surface area contributed by atoms with Crippen LogP contribution in [-0.2, 0) is 21.2 Å². The Morgan fingerprint density at radius 2 is 1.49 bits per heavy atom. The summed E-state index contributed by atoms with van der Waals surface area (Å²) in [6.45, 7) is 8.73. The molecule has 41 heavy (non-hydrogen) atoms. The van der Waals surface area contributed by atoms with Crippen molar-refractivity contribution in [3.8, 4) is 5.75 Å². The van der Waals surface area contributed by atoms with Crippen LogP contribution in [0, 0.1) is 25.7 Å². The number of Topliss-reactive ketones (excluding diaryl/α,β-unsaturated/α-hetero) is 1. The van der Waals surface area contributed by atoms with Gasteiger partial charge in [-0.15, -0.1) is 0 Å². The molecule has 0 aliphatic heterocycles. The average molecular weight is 581 g/mol. The first-order valence-corrected chi connectivity index (χ1v) is 15.1. The zero-order chi connectivity index (χ0) is 30.3. The van der Waals surface area contributed by atoms with Crippen LogP contribution in [0.2, 0.25) is 0 Å². The molecule has 0 heterocycles. The first kappa shape index (κ1) is 32.0. The van der Waals surface area contributed by atoms with Gasteiger partial charge in [-0.3, -0.25) is 9.59 Å². The van der Waals surface area contributed by atoms with Gasteiger partial charge < -0.3 is 15.6 Å². The van der Waals surface area contributed by atoms with E-state index in [1.165, 1.54) is 35.5 Å². The van der Waals surface area contributed by atoms with Crippen molar-refractivity contribution in [2.45, 2.75) is 58.1 Å². The van der Waals surface area contributed by atoms with Gasteiger partial charge in [-0.05, 0) is 61.9 Å². The van der Waals surface area contributed by atoms with E-state index >= 15 is 0 Å². The maximum absolute atomic E-state index is 13.8. The number of ketones is 1. The summed E-state index contributed by atoms with van der Waals surface area (Å²) >= 11 is 0. The van der Waals surface area contributed by atoms with Crippen molar-refractivity contribution in [1.29, 1.82) is 0 Å². The van der Waals surface area contributed by atoms with E-state index in [1.54, 1.807) is 0 Å². The van der Waals surface area contributed by atoms with E-state index in [0.717, 1.165) is 16.7 Å². The van der Waals surface area contributed by atoms with Gasteiger partial charge in [0.05, 0.1) is 11.0 Å². The third kappa shape index (κ3) is 8.25. The second kappa shape index (κ2) is 13.9. The zero-order valence-corrected chi connectivity index (χ0v) is 25.1. The van der Waals surface area contributed by atoms with Crippen LogP contribution in [0.5, 0.6) is 5.75 Å². The number of aliphatic hydroxyl groups excluding tert-OH is 1. The smallest absolute Gasteiger partial charge is 0.258 e. The number of aliphatic hydroxyl groups is 1. The molecule has 3 aromatic rings. The van der Waals surface area contributed by atoms with Crippen LogP contribution in [0.15, 0.2) is 77.7 Å². The van der Waals surface area contributed by atoms with E-state index in [2.05, 4.69) is 0 Å². The number of primary amides is 1. The number of benzene rings is 3. The van der Waals surface area contributed by atoms with Crippen molar-refractivity contribution < 1.29 is 27.9 Å². The number of para-hydroxylation sites is 1. The fraction of sp³-hybridized carbons (Fsp3) is 0.375. The van der Waals surface area contributed by atoms with Crippen molar-refractivity contribution in [2.24, 2.45) is 17.6 Å². The predicted molar refractivity (Wildman–Crippen MR) is 159 cm³/mol. The van der Waals surface area contributed by atoms with Gasteiger partial charge in [0.15, 0.2) is 11.9 Å². The first-order valence-electron chi connectivity index (χ1n) is 13.7. The summed E-state index contributed by atoms with van der Waals surface area (Å²) in [4.78, 5) is 24.6. The number of nitrogens with two attached hydrogens (primary N) is 1. The number of aryl methyl sites for hydroxylation is 2. The van der Waals surface area contributed by atoms with Crippen LogP contribution in [-0.4, -0.2) is 54.8 Å². The quantitative estimate of drug-likeness (QED) is 0.274. The van der Waals surface area contributed by atoms with Gasteiger partial charge in [0.1, 0.15) is 5.75 Å². The molecular weight excluding hydrogens is 540 g/mol. The monoisotopic (exact) mass is 580 g/mol. The van der Waals surface area contributed by atoms with Crippen molar-refractivity contribution in [1.82, 2.24) is 4.31 Å². The van der Waals surface area contributed by atoms with E-state index in [0.29, 0.717) is 11.3 Å². The molecule has 0 radical (unpaired) electrons. The van der Waals surface area contributed by atoms with Gasteiger partial charge in [-0.2, -0.15) is 4.31 Å². The second-order valence-corrected chi connectivity index (χ2v) is 12.8. The lowest BCUT2D eigenvalue weighted by Gasteiger charge is -2.34. The Morgan fingerprint density at radius 1 is 0.902 bits per heavy atom. The molecule has 3 aromatic carbocycles. The molecule has 0 fully saturated rings. The van der Waals surface area contributed by atoms with Crippen LogP contribution >= 0.6 is 0 Å². The van der Waals surface area contributed by atoms with Crippen molar-refractivity contribution >= 4 is 21.7 Å². The van der Waals surface area contributed by atoms with E-state index in [9.17, 15) is 23.1 Å². The largest absolute Gasteiger partial charge is 0.480 e. The number of sulfonamides is 1. The number of hydrogen-bond acceptors (Lipinski definition) is 6. The molecule has 0 saturated heterocycles. The Morgan fingerprint density at radius 3 is 2.00 bits per heavy atom. The van der Waals surface area contributed by atoms with Gasteiger partial charge in [0, 0.05) is 24.6 Å². The van der Waals surface area contributed by atoms with Crippen LogP contribution in [0.1, 0.15) is 47.8 Å². The lowest BCUT2D eigenvalue weighted by atomic mass is 9.88. The summed E-state index contributed by atoms with van der Waals surface area (Å²) in [5.74, 6) is -1.35. The Hall–Kier alpha value is -3.53. The molecule has 0 aromatic heterocycles. The summed E-state index contributed by atoms with van der Waals surface area (Å²) in [5, 5.41) is 11.7. The first-order chi connectivity index (χ1) is 19.3. The molecule has 1 unspecified atom stereocenters. The Kier molecular flexibility index (Phi) is 10.8. The normalized spacial score (nSPS) is 14.0. The number of carbonyl (C=O) groups is 2. The second-order valence-electron chi connectivity index (χ2n) is 10.9. The zero-order valence-electron chi connectivity index (χ0n) is 24.3. The molecule has 0 aliphatic rings. The highest BCUT2D eigenvalue weighted by molar-refractivity contribution is 7.89. The van der Waals surface area contributed by atoms with Gasteiger partial charge in [-0.1, -0.05) is 74.5 Å². The topological polar surface area (TPSA) is 127 Å². The lowest BCUT2D eigenvalue weighted by Crippen LogP contribution is -2.50. The molecule has 0 aliphatic carbocycles. The van der Waals surface area contributed by atoms with Crippen molar-refractivity contribution in [3.63, 3.8) is 0 Å². The third-order valence-corrected chi connectivity index (χ3v) is 8.84. The highest BCUT2D eigenvalue weighted by atomic mass is 32.2. The molecule has 1 amide bonds. The average Bonchev–Trinajstić information content (AvgIpc) is 2.91. The van der Waals surface area contributed by atoms with Gasteiger partial charge in [-0.25, -0.2) is 8.42 Å². The van der Waals surface area contributed by atoms with Crippen LogP contribution in [0.4, 0.5) is 0 Å². The molecule has 0 spiro atoms. The van der Waals surface area contributed by atoms with E-state index in [4.69, 9.17) is 10.5 Å². The number of carbonyl (C=O) groups excluding carboxylic acids is 2. The number of nitrogens with zero attached hydrogens (tertiary/aromatic N) is 1. The van der Waals surface area contributed by atoms with Crippen molar-refractivity contribution in [2.75, 3.05) is 13.1 Å². The van der Waals surface area contributed by atoms with Gasteiger partial charge in [0.25, 0.3) is 5.91 Å².